The molecule has 142 valence electrons. The number of halogens is 1. The van der Waals surface area contributed by atoms with E-state index in [-0.39, 0.29) is 23.7 Å². The topological polar surface area (TPSA) is 57.5 Å². The highest BCUT2D eigenvalue weighted by Gasteiger charge is 2.58. The molecule has 4 rings (SSSR count). The Morgan fingerprint density at radius 3 is 2.52 bits per heavy atom. The Morgan fingerprint density at radius 2 is 1.80 bits per heavy atom. The maximum atomic E-state index is 13.2. The van der Waals surface area contributed by atoms with Crippen molar-refractivity contribution in [2.75, 3.05) is 13.3 Å². The summed E-state index contributed by atoms with van der Waals surface area (Å²) in [7, 11) is 0. The molecule has 0 radical (unpaired) electrons. The van der Waals surface area contributed by atoms with Gasteiger partial charge >= 0.3 is 0 Å². The zero-order valence-corrected chi connectivity index (χ0v) is 15.4. The lowest BCUT2D eigenvalue weighted by molar-refractivity contribution is -0.135. The molecule has 0 aliphatic heterocycles. The lowest BCUT2D eigenvalue weighted by Crippen LogP contribution is -2.52. The molecular formula is C21H33FO3. The fourth-order valence-corrected chi connectivity index (χ4v) is 7.72. The Labute approximate surface area is 150 Å². The van der Waals surface area contributed by atoms with Gasteiger partial charge in [-0.05, 0) is 92.8 Å². The first kappa shape index (κ1) is 17.9. The molecule has 4 aliphatic rings. The number of Topliss-reactive ketones (excluding diaryl/α,β-unsaturated/α-hetero) is 1. The average Bonchev–Trinajstić information content (AvgIpc) is 2.98. The fraction of sp³-hybridized carbons (Fsp3) is 0.952. The largest absolute Gasteiger partial charge is 0.389 e. The number of rotatable bonds is 3. The van der Waals surface area contributed by atoms with Crippen LogP contribution in [0.25, 0.3) is 0 Å². The second kappa shape index (κ2) is 6.30. The average molecular weight is 352 g/mol. The minimum absolute atomic E-state index is 0.0443. The molecule has 0 saturated heterocycles. The van der Waals surface area contributed by atoms with Crippen LogP contribution in [-0.4, -0.2) is 34.9 Å². The standard InChI is InChI=1S/C21H33FO3/c1-20-8-6-15-14-7-9-21(25,12-22)10-13(14)2-3-16(15)17(20)4-5-18(20)19(24)11-23/h13-18,23,25H,2-12H2,1H3/t13-,14+,15-,16-,17+,18-,20+,21-/m1/s1. The molecule has 8 atom stereocenters. The summed E-state index contributed by atoms with van der Waals surface area (Å²) in [6.45, 7) is 1.39. The highest BCUT2D eigenvalue weighted by atomic mass is 19.1. The highest BCUT2D eigenvalue weighted by Crippen LogP contribution is 2.64. The van der Waals surface area contributed by atoms with Crippen molar-refractivity contribution in [1.82, 2.24) is 0 Å². The van der Waals surface area contributed by atoms with Crippen LogP contribution in [-0.2, 0) is 4.79 Å². The predicted molar refractivity (Wildman–Crippen MR) is 93.6 cm³/mol. The van der Waals surface area contributed by atoms with Crippen LogP contribution in [0.5, 0.6) is 0 Å². The van der Waals surface area contributed by atoms with E-state index in [2.05, 4.69) is 6.92 Å². The van der Waals surface area contributed by atoms with Gasteiger partial charge in [0.05, 0.1) is 5.60 Å². The Morgan fingerprint density at radius 1 is 1.04 bits per heavy atom. The van der Waals surface area contributed by atoms with Crippen molar-refractivity contribution >= 4 is 5.78 Å². The van der Waals surface area contributed by atoms with Crippen molar-refractivity contribution in [1.29, 1.82) is 0 Å². The van der Waals surface area contributed by atoms with Crippen LogP contribution in [0.2, 0.25) is 0 Å². The number of aliphatic hydroxyl groups is 2. The zero-order valence-electron chi connectivity index (χ0n) is 15.4. The quantitative estimate of drug-likeness (QED) is 0.817. The van der Waals surface area contributed by atoms with E-state index in [0.29, 0.717) is 42.4 Å². The number of aliphatic hydroxyl groups excluding tert-OH is 1. The first-order chi connectivity index (χ1) is 11.9. The van der Waals surface area contributed by atoms with E-state index in [0.717, 1.165) is 32.1 Å². The minimum atomic E-state index is -1.07. The van der Waals surface area contributed by atoms with Gasteiger partial charge < -0.3 is 10.2 Å². The first-order valence-electron chi connectivity index (χ1n) is 10.3. The van der Waals surface area contributed by atoms with Crippen molar-refractivity contribution in [3.63, 3.8) is 0 Å². The van der Waals surface area contributed by atoms with Crippen molar-refractivity contribution in [2.24, 2.45) is 40.9 Å². The number of ketones is 1. The third kappa shape index (κ3) is 2.70. The minimum Gasteiger partial charge on any atom is -0.389 e. The van der Waals surface area contributed by atoms with E-state index in [1.807, 2.05) is 0 Å². The summed E-state index contributed by atoms with van der Waals surface area (Å²) in [5.41, 5.74) is -0.995. The smallest absolute Gasteiger partial charge is 0.161 e. The van der Waals surface area contributed by atoms with Crippen LogP contribution in [0.1, 0.15) is 64.7 Å². The van der Waals surface area contributed by atoms with Gasteiger partial charge in [0.1, 0.15) is 13.3 Å². The molecule has 0 spiro atoms. The van der Waals surface area contributed by atoms with E-state index in [9.17, 15) is 19.4 Å². The second-order valence-electron chi connectivity index (χ2n) is 9.84. The molecular weight excluding hydrogens is 319 g/mol. The number of fused-ring (bicyclic) bond motifs is 5. The van der Waals surface area contributed by atoms with Crippen LogP contribution in [0, 0.1) is 40.9 Å². The molecule has 0 aromatic heterocycles. The van der Waals surface area contributed by atoms with Crippen LogP contribution >= 0.6 is 0 Å². The predicted octanol–water partition coefficient (Wildman–Crippen LogP) is 3.52. The lowest BCUT2D eigenvalue weighted by Gasteiger charge is -2.56. The van der Waals surface area contributed by atoms with E-state index >= 15 is 0 Å². The van der Waals surface area contributed by atoms with Gasteiger partial charge in [0.25, 0.3) is 0 Å². The SMILES string of the molecule is C[C@]12CC[C@H]3[C@@H](CC[C@@H]4C[C@@](O)(CF)CC[C@@H]43)[C@@H]1CC[C@@H]2C(=O)CO. The van der Waals surface area contributed by atoms with Gasteiger partial charge in [-0.1, -0.05) is 6.92 Å². The molecule has 0 amide bonds. The van der Waals surface area contributed by atoms with E-state index in [1.54, 1.807) is 0 Å². The van der Waals surface area contributed by atoms with Crippen LogP contribution in [0.15, 0.2) is 0 Å². The maximum absolute atomic E-state index is 13.2. The van der Waals surface area contributed by atoms with Gasteiger partial charge in [0.2, 0.25) is 0 Å². The highest BCUT2D eigenvalue weighted by molar-refractivity contribution is 5.83. The number of hydrogen-bond acceptors (Lipinski definition) is 3. The molecule has 0 aromatic carbocycles. The zero-order chi connectivity index (χ0) is 17.8. The third-order valence-corrected chi connectivity index (χ3v) is 8.90. The third-order valence-electron chi connectivity index (χ3n) is 8.90. The molecule has 0 aromatic rings. The van der Waals surface area contributed by atoms with Gasteiger partial charge in [-0.2, -0.15) is 0 Å². The Balaban J connectivity index is 1.52. The summed E-state index contributed by atoms with van der Waals surface area (Å²) < 4.78 is 13.2. The number of carbonyl (C=O) groups is 1. The molecule has 0 heterocycles. The van der Waals surface area contributed by atoms with E-state index in [1.165, 1.54) is 12.8 Å². The van der Waals surface area contributed by atoms with E-state index < -0.39 is 12.3 Å². The number of hydrogen-bond donors (Lipinski definition) is 2. The van der Waals surface area contributed by atoms with E-state index in [4.69, 9.17) is 0 Å². The first-order valence-corrected chi connectivity index (χ1v) is 10.3. The van der Waals surface area contributed by atoms with Crippen molar-refractivity contribution in [3.8, 4) is 0 Å². The fourth-order valence-electron chi connectivity index (χ4n) is 7.72. The normalized spacial score (nSPS) is 52.2. The van der Waals surface area contributed by atoms with Crippen molar-refractivity contribution in [2.45, 2.75) is 70.3 Å². The summed E-state index contributed by atoms with van der Waals surface area (Å²) >= 11 is 0. The molecule has 0 bridgehead atoms. The maximum Gasteiger partial charge on any atom is 0.161 e. The summed E-state index contributed by atoms with van der Waals surface area (Å²) in [5.74, 6) is 3.21. The monoisotopic (exact) mass is 352 g/mol. The Kier molecular flexibility index (Phi) is 4.51. The number of carbonyl (C=O) groups excluding carboxylic acids is 1. The summed E-state index contributed by atoms with van der Waals surface area (Å²) in [6.07, 6.45) is 8.84. The summed E-state index contributed by atoms with van der Waals surface area (Å²) in [6, 6.07) is 0. The number of alkyl halides is 1. The molecule has 4 aliphatic carbocycles. The molecule has 4 heteroatoms. The summed E-state index contributed by atoms with van der Waals surface area (Å²) in [5, 5.41) is 19.7. The van der Waals surface area contributed by atoms with Crippen LogP contribution in [0.4, 0.5) is 4.39 Å². The van der Waals surface area contributed by atoms with Gasteiger partial charge in [0, 0.05) is 5.92 Å². The molecule has 3 nitrogen and oxygen atoms in total. The lowest BCUT2D eigenvalue weighted by atomic mass is 9.49. The van der Waals surface area contributed by atoms with Crippen LogP contribution < -0.4 is 0 Å². The van der Waals surface area contributed by atoms with Crippen molar-refractivity contribution < 1.29 is 19.4 Å². The van der Waals surface area contributed by atoms with Gasteiger partial charge in [-0.25, -0.2) is 4.39 Å². The Bertz CT molecular complexity index is 537. The second-order valence-corrected chi connectivity index (χ2v) is 9.84. The van der Waals surface area contributed by atoms with Gasteiger partial charge in [-0.15, -0.1) is 0 Å². The van der Waals surface area contributed by atoms with Crippen molar-refractivity contribution in [3.05, 3.63) is 0 Å². The molecule has 25 heavy (non-hydrogen) atoms. The van der Waals surface area contributed by atoms with Gasteiger partial charge in [-0.3, -0.25) is 4.79 Å². The molecule has 0 unspecified atom stereocenters. The molecule has 2 N–H and O–H groups in total. The van der Waals surface area contributed by atoms with Crippen LogP contribution in [0.3, 0.4) is 0 Å². The summed E-state index contributed by atoms with van der Waals surface area (Å²) in [4.78, 5) is 12.3. The van der Waals surface area contributed by atoms with Gasteiger partial charge in [0.15, 0.2) is 5.78 Å². The molecule has 4 saturated carbocycles. The Hall–Kier alpha value is -0.480. The molecule has 4 fully saturated rings.